The molecule has 1 unspecified atom stereocenters. The summed E-state index contributed by atoms with van der Waals surface area (Å²) in [6.07, 6.45) is -2.78. The van der Waals surface area contributed by atoms with Crippen LogP contribution in [-0.2, 0) is 6.18 Å². The smallest absolute Gasteiger partial charge is 0.316 e. The summed E-state index contributed by atoms with van der Waals surface area (Å²) < 4.78 is 50.8. The minimum atomic E-state index is -4.49. The van der Waals surface area contributed by atoms with Crippen LogP contribution in [0.2, 0.25) is 0 Å². The molecule has 0 aliphatic carbocycles. The maximum Gasteiger partial charge on any atom is 0.416 e. The number of hydrogen-bond acceptors (Lipinski definition) is 1. The fourth-order valence-electron chi connectivity index (χ4n) is 2.15. The van der Waals surface area contributed by atoms with Crippen molar-refractivity contribution in [1.82, 2.24) is 5.32 Å². The summed E-state index contributed by atoms with van der Waals surface area (Å²) in [7, 11) is 0. The SMILES string of the molecule is Fc1cc(C2CCCNC2)cc(C(F)(F)F)c1. The fourth-order valence-corrected chi connectivity index (χ4v) is 2.15. The van der Waals surface area contributed by atoms with Gasteiger partial charge in [-0.3, -0.25) is 0 Å². The minimum absolute atomic E-state index is 0.0273. The maximum atomic E-state index is 13.2. The van der Waals surface area contributed by atoms with Crippen LogP contribution in [0.15, 0.2) is 18.2 Å². The summed E-state index contributed by atoms with van der Waals surface area (Å²) >= 11 is 0. The van der Waals surface area contributed by atoms with E-state index >= 15 is 0 Å². The van der Waals surface area contributed by atoms with Gasteiger partial charge in [0, 0.05) is 6.54 Å². The van der Waals surface area contributed by atoms with E-state index in [9.17, 15) is 17.6 Å². The molecule has 1 aliphatic heterocycles. The van der Waals surface area contributed by atoms with Gasteiger partial charge in [0.05, 0.1) is 5.56 Å². The highest BCUT2D eigenvalue weighted by Gasteiger charge is 2.32. The summed E-state index contributed by atoms with van der Waals surface area (Å²) in [4.78, 5) is 0. The molecule has 0 bridgehead atoms. The molecular formula is C12H13F4N. The number of alkyl halides is 3. The van der Waals surface area contributed by atoms with E-state index in [2.05, 4.69) is 5.32 Å². The highest BCUT2D eigenvalue weighted by molar-refractivity contribution is 5.29. The third-order valence-electron chi connectivity index (χ3n) is 3.02. The van der Waals surface area contributed by atoms with Gasteiger partial charge in [-0.25, -0.2) is 4.39 Å². The number of hydrogen-bond donors (Lipinski definition) is 1. The number of piperidine rings is 1. The molecule has 0 spiro atoms. The average Bonchev–Trinajstić information content (AvgIpc) is 2.28. The van der Waals surface area contributed by atoms with Crippen LogP contribution in [0.25, 0.3) is 0 Å². The predicted octanol–water partition coefficient (Wildman–Crippen LogP) is 3.31. The van der Waals surface area contributed by atoms with E-state index in [4.69, 9.17) is 0 Å². The summed E-state index contributed by atoms with van der Waals surface area (Å²) in [5.41, 5.74) is -0.470. The molecule has 1 aromatic rings. The molecular weight excluding hydrogens is 234 g/mol. The van der Waals surface area contributed by atoms with Crippen molar-refractivity contribution in [3.63, 3.8) is 0 Å². The molecule has 2 rings (SSSR count). The van der Waals surface area contributed by atoms with Crippen molar-refractivity contribution in [3.05, 3.63) is 35.1 Å². The third-order valence-corrected chi connectivity index (χ3v) is 3.02. The van der Waals surface area contributed by atoms with Crippen LogP contribution in [0.1, 0.15) is 29.9 Å². The topological polar surface area (TPSA) is 12.0 Å². The Morgan fingerprint density at radius 3 is 2.53 bits per heavy atom. The molecule has 1 fully saturated rings. The lowest BCUT2D eigenvalue weighted by Gasteiger charge is -2.23. The molecule has 1 atom stereocenters. The largest absolute Gasteiger partial charge is 0.416 e. The molecule has 1 nitrogen and oxygen atoms in total. The van der Waals surface area contributed by atoms with Crippen LogP contribution in [0.4, 0.5) is 17.6 Å². The molecule has 0 saturated carbocycles. The van der Waals surface area contributed by atoms with Crippen LogP contribution >= 0.6 is 0 Å². The molecule has 1 heterocycles. The van der Waals surface area contributed by atoms with Crippen molar-refractivity contribution >= 4 is 0 Å². The lowest BCUT2D eigenvalue weighted by atomic mass is 9.90. The molecule has 0 amide bonds. The highest BCUT2D eigenvalue weighted by Crippen LogP contribution is 2.33. The highest BCUT2D eigenvalue weighted by atomic mass is 19.4. The Morgan fingerprint density at radius 1 is 1.18 bits per heavy atom. The molecule has 1 aromatic carbocycles. The van der Waals surface area contributed by atoms with Crippen molar-refractivity contribution in [2.24, 2.45) is 0 Å². The molecule has 0 aromatic heterocycles. The molecule has 1 aliphatic rings. The van der Waals surface area contributed by atoms with Gasteiger partial charge in [0.15, 0.2) is 0 Å². The average molecular weight is 247 g/mol. The Hall–Kier alpha value is -1.10. The van der Waals surface area contributed by atoms with E-state index in [-0.39, 0.29) is 5.92 Å². The van der Waals surface area contributed by atoms with Crippen LogP contribution in [-0.4, -0.2) is 13.1 Å². The number of nitrogens with one attached hydrogen (secondary N) is 1. The van der Waals surface area contributed by atoms with Gasteiger partial charge in [0.25, 0.3) is 0 Å². The zero-order valence-corrected chi connectivity index (χ0v) is 9.15. The number of rotatable bonds is 1. The quantitative estimate of drug-likeness (QED) is 0.751. The van der Waals surface area contributed by atoms with Gasteiger partial charge in [-0.2, -0.15) is 13.2 Å². The van der Waals surface area contributed by atoms with Gasteiger partial charge in [-0.05, 0) is 49.1 Å². The Kier molecular flexibility index (Phi) is 3.38. The second-order valence-corrected chi connectivity index (χ2v) is 4.31. The Labute approximate surface area is 96.8 Å². The molecule has 94 valence electrons. The monoisotopic (exact) mass is 247 g/mol. The van der Waals surface area contributed by atoms with E-state index in [0.717, 1.165) is 25.5 Å². The van der Waals surface area contributed by atoms with Crippen LogP contribution in [0.5, 0.6) is 0 Å². The zero-order valence-electron chi connectivity index (χ0n) is 9.15. The standard InChI is InChI=1S/C12H13F4N/c13-11-5-9(8-2-1-3-17-7-8)4-10(6-11)12(14,15)16/h4-6,8,17H,1-3,7H2. The summed E-state index contributed by atoms with van der Waals surface area (Å²) in [6, 6.07) is 2.80. The van der Waals surface area contributed by atoms with E-state index in [0.29, 0.717) is 18.2 Å². The fraction of sp³-hybridized carbons (Fsp3) is 0.500. The summed E-state index contributed by atoms with van der Waals surface area (Å²) in [5.74, 6) is -0.846. The lowest BCUT2D eigenvalue weighted by Crippen LogP contribution is -2.28. The lowest BCUT2D eigenvalue weighted by molar-refractivity contribution is -0.137. The predicted molar refractivity (Wildman–Crippen MR) is 56.2 cm³/mol. The Morgan fingerprint density at radius 2 is 1.94 bits per heavy atom. The normalized spacial score (nSPS) is 21.5. The van der Waals surface area contributed by atoms with Gasteiger partial charge in [0.1, 0.15) is 5.82 Å². The summed E-state index contributed by atoms with van der Waals surface area (Å²) in [6.45, 7) is 1.48. The van der Waals surface area contributed by atoms with E-state index in [1.807, 2.05) is 0 Å². The van der Waals surface area contributed by atoms with Crippen LogP contribution in [0, 0.1) is 5.82 Å². The third kappa shape index (κ3) is 2.97. The Balaban J connectivity index is 2.31. The maximum absolute atomic E-state index is 13.2. The number of halogens is 4. The molecule has 1 saturated heterocycles. The van der Waals surface area contributed by atoms with Crippen molar-refractivity contribution in [1.29, 1.82) is 0 Å². The second kappa shape index (κ2) is 4.64. The second-order valence-electron chi connectivity index (χ2n) is 4.31. The first-order valence-electron chi connectivity index (χ1n) is 5.55. The molecule has 0 radical (unpaired) electrons. The van der Waals surface area contributed by atoms with Gasteiger partial charge in [-0.1, -0.05) is 0 Å². The first-order chi connectivity index (χ1) is 7.97. The van der Waals surface area contributed by atoms with E-state index in [1.54, 1.807) is 0 Å². The van der Waals surface area contributed by atoms with Crippen molar-refractivity contribution in [2.75, 3.05) is 13.1 Å². The Bertz CT molecular complexity index is 394. The van der Waals surface area contributed by atoms with Gasteiger partial charge in [0.2, 0.25) is 0 Å². The van der Waals surface area contributed by atoms with Crippen molar-refractivity contribution in [2.45, 2.75) is 24.9 Å². The van der Waals surface area contributed by atoms with E-state index in [1.165, 1.54) is 6.07 Å². The van der Waals surface area contributed by atoms with E-state index < -0.39 is 17.6 Å². The minimum Gasteiger partial charge on any atom is -0.316 e. The first kappa shape index (κ1) is 12.4. The zero-order chi connectivity index (χ0) is 12.5. The molecule has 1 N–H and O–H groups in total. The van der Waals surface area contributed by atoms with Crippen LogP contribution < -0.4 is 5.32 Å². The number of benzene rings is 1. The first-order valence-corrected chi connectivity index (χ1v) is 5.55. The van der Waals surface area contributed by atoms with Crippen molar-refractivity contribution < 1.29 is 17.6 Å². The molecule has 17 heavy (non-hydrogen) atoms. The summed E-state index contributed by atoms with van der Waals surface area (Å²) in [5, 5.41) is 3.11. The van der Waals surface area contributed by atoms with Gasteiger partial charge in [-0.15, -0.1) is 0 Å². The van der Waals surface area contributed by atoms with Gasteiger partial charge < -0.3 is 5.32 Å². The van der Waals surface area contributed by atoms with Crippen molar-refractivity contribution in [3.8, 4) is 0 Å². The van der Waals surface area contributed by atoms with Gasteiger partial charge >= 0.3 is 6.18 Å². The molecule has 5 heteroatoms. The van der Waals surface area contributed by atoms with Crippen LogP contribution in [0.3, 0.4) is 0 Å².